The average molecular weight is 602 g/mol. The van der Waals surface area contributed by atoms with E-state index < -0.39 is 0 Å². The van der Waals surface area contributed by atoms with Crippen molar-refractivity contribution in [2.75, 3.05) is 0 Å². The molecule has 2 heterocycles. The van der Waals surface area contributed by atoms with Crippen molar-refractivity contribution < 1.29 is 9.53 Å². The Morgan fingerprint density at radius 3 is 2.44 bits per heavy atom. The van der Waals surface area contributed by atoms with E-state index in [4.69, 9.17) is 22.1 Å². The number of hydrogen-bond acceptors (Lipinski definition) is 5. The Morgan fingerprint density at radius 2 is 1.63 bits per heavy atom. The second kappa shape index (κ2) is 12.2. The third-order valence-corrected chi connectivity index (χ3v) is 9.55. The first-order chi connectivity index (χ1) is 21.1. The van der Waals surface area contributed by atoms with Crippen molar-refractivity contribution in [3.05, 3.63) is 119 Å². The number of nitrogens with zero attached hydrogens (tertiary/aromatic N) is 3. The SMILES string of the molecule is O=C1C(=Cc2cn(-c3ccccc3)nc2-c2ccc(OCc3cccc4ccccc34)cc2)SC(=S)N1C1CCCCC1. The van der Waals surface area contributed by atoms with Gasteiger partial charge in [0, 0.05) is 23.4 Å². The third-order valence-electron chi connectivity index (χ3n) is 8.22. The van der Waals surface area contributed by atoms with Crippen LogP contribution in [0.2, 0.25) is 0 Å². The van der Waals surface area contributed by atoms with Crippen molar-refractivity contribution in [3.63, 3.8) is 0 Å². The minimum atomic E-state index is 0.0116. The van der Waals surface area contributed by atoms with E-state index in [0.717, 1.165) is 59.5 Å². The minimum Gasteiger partial charge on any atom is -0.489 e. The second-order valence-electron chi connectivity index (χ2n) is 11.0. The van der Waals surface area contributed by atoms with Crippen LogP contribution in [0.3, 0.4) is 0 Å². The predicted molar refractivity (Wildman–Crippen MR) is 179 cm³/mol. The number of amides is 1. The molecule has 1 aromatic heterocycles. The van der Waals surface area contributed by atoms with Crippen molar-refractivity contribution in [1.82, 2.24) is 14.7 Å². The highest BCUT2D eigenvalue weighted by Crippen LogP contribution is 2.38. The van der Waals surface area contributed by atoms with E-state index >= 15 is 0 Å². The number of aromatic nitrogens is 2. The monoisotopic (exact) mass is 601 g/mol. The molecule has 7 heteroatoms. The van der Waals surface area contributed by atoms with Gasteiger partial charge in [-0.25, -0.2) is 4.68 Å². The van der Waals surface area contributed by atoms with Gasteiger partial charge in [-0.05, 0) is 71.7 Å². The third kappa shape index (κ3) is 5.75. The average Bonchev–Trinajstić information content (AvgIpc) is 3.60. The fraction of sp³-hybridized carbons (Fsp3) is 0.194. The number of para-hydroxylation sites is 1. The summed E-state index contributed by atoms with van der Waals surface area (Å²) < 4.78 is 8.72. The zero-order valence-corrected chi connectivity index (χ0v) is 25.3. The van der Waals surface area contributed by atoms with Gasteiger partial charge in [0.05, 0.1) is 16.3 Å². The Morgan fingerprint density at radius 1 is 0.884 bits per heavy atom. The summed E-state index contributed by atoms with van der Waals surface area (Å²) in [7, 11) is 0. The van der Waals surface area contributed by atoms with Crippen molar-refractivity contribution in [3.8, 4) is 22.7 Å². The molecule has 0 radical (unpaired) electrons. The Labute approximate surface area is 261 Å². The molecule has 5 aromatic rings. The molecule has 0 atom stereocenters. The van der Waals surface area contributed by atoms with Gasteiger partial charge in [-0.2, -0.15) is 5.10 Å². The van der Waals surface area contributed by atoms with Crippen LogP contribution in [0, 0.1) is 0 Å². The van der Waals surface area contributed by atoms with Crippen molar-refractivity contribution in [2.45, 2.75) is 44.8 Å². The Bertz CT molecular complexity index is 1820. The summed E-state index contributed by atoms with van der Waals surface area (Å²) in [6.07, 6.45) is 9.51. The smallest absolute Gasteiger partial charge is 0.266 e. The maximum atomic E-state index is 13.6. The van der Waals surface area contributed by atoms with Crippen LogP contribution in [0.5, 0.6) is 5.75 Å². The first-order valence-corrected chi connectivity index (χ1v) is 16.0. The number of fused-ring (bicyclic) bond motifs is 1. The number of carbonyl (C=O) groups excluding carboxylic acids is 1. The highest BCUT2D eigenvalue weighted by molar-refractivity contribution is 8.26. The number of rotatable bonds is 7. The van der Waals surface area contributed by atoms with Crippen molar-refractivity contribution in [1.29, 1.82) is 0 Å². The quantitative estimate of drug-likeness (QED) is 0.138. The van der Waals surface area contributed by atoms with Crippen LogP contribution in [-0.2, 0) is 11.4 Å². The molecular formula is C36H31N3O2S2. The summed E-state index contributed by atoms with van der Waals surface area (Å²) in [5.41, 5.74) is 4.72. The zero-order valence-electron chi connectivity index (χ0n) is 23.7. The van der Waals surface area contributed by atoms with Gasteiger partial charge >= 0.3 is 0 Å². The fourth-order valence-electron chi connectivity index (χ4n) is 5.99. The molecule has 0 unspecified atom stereocenters. The molecule has 1 saturated heterocycles. The fourth-order valence-corrected chi connectivity index (χ4v) is 7.39. The van der Waals surface area contributed by atoms with Crippen molar-refractivity contribution in [2.24, 2.45) is 0 Å². The van der Waals surface area contributed by atoms with Crippen LogP contribution in [0.1, 0.15) is 43.2 Å². The number of thioether (sulfide) groups is 1. The molecule has 7 rings (SSSR count). The second-order valence-corrected chi connectivity index (χ2v) is 12.7. The maximum Gasteiger partial charge on any atom is 0.266 e. The molecule has 0 spiro atoms. The predicted octanol–water partition coefficient (Wildman–Crippen LogP) is 8.81. The van der Waals surface area contributed by atoms with E-state index in [0.29, 0.717) is 15.8 Å². The van der Waals surface area contributed by atoms with Gasteiger partial charge < -0.3 is 4.74 Å². The molecule has 2 aliphatic rings. The molecule has 0 bridgehead atoms. The van der Waals surface area contributed by atoms with E-state index in [2.05, 4.69) is 42.5 Å². The Hall–Kier alpha value is -4.20. The van der Waals surface area contributed by atoms with Crippen LogP contribution in [0.25, 0.3) is 33.8 Å². The van der Waals surface area contributed by atoms with Gasteiger partial charge in [0.1, 0.15) is 16.7 Å². The molecule has 43 heavy (non-hydrogen) atoms. The van der Waals surface area contributed by atoms with Gasteiger partial charge in [0.2, 0.25) is 0 Å². The van der Waals surface area contributed by atoms with E-state index in [1.807, 2.05) is 76.5 Å². The maximum absolute atomic E-state index is 13.6. The number of thiocarbonyl (C=S) groups is 1. The summed E-state index contributed by atoms with van der Waals surface area (Å²) in [5, 5.41) is 7.37. The Balaban J connectivity index is 1.17. The molecule has 1 amide bonds. The molecule has 214 valence electrons. The van der Waals surface area contributed by atoms with Crippen LogP contribution < -0.4 is 4.74 Å². The lowest BCUT2D eigenvalue weighted by molar-refractivity contribution is -0.124. The summed E-state index contributed by atoms with van der Waals surface area (Å²) in [5.74, 6) is 0.798. The van der Waals surface area contributed by atoms with Gasteiger partial charge in [0.25, 0.3) is 5.91 Å². The molecule has 1 saturated carbocycles. The lowest BCUT2D eigenvalue weighted by atomic mass is 9.94. The van der Waals surface area contributed by atoms with Gasteiger partial charge in [-0.3, -0.25) is 9.69 Å². The van der Waals surface area contributed by atoms with E-state index in [1.165, 1.54) is 29.0 Å². The lowest BCUT2D eigenvalue weighted by Crippen LogP contribution is -2.39. The summed E-state index contributed by atoms with van der Waals surface area (Å²) in [6, 6.07) is 32.9. The standard InChI is InChI=1S/C36H31N3O2S2/c40-35-33(43-36(42)39(35)30-15-5-2-6-16-30)22-28-23-38(29-13-3-1-4-14-29)37-34(28)26-18-20-31(21-19-26)41-24-27-12-9-11-25-10-7-8-17-32(25)27/h1,3-4,7-14,17-23,30H,2,5-6,15-16,24H2. The molecule has 5 nitrogen and oxygen atoms in total. The topological polar surface area (TPSA) is 47.4 Å². The molecule has 1 aliphatic carbocycles. The van der Waals surface area contributed by atoms with E-state index in [9.17, 15) is 4.79 Å². The first-order valence-electron chi connectivity index (χ1n) is 14.8. The summed E-state index contributed by atoms with van der Waals surface area (Å²) >= 11 is 7.09. The van der Waals surface area contributed by atoms with Crippen LogP contribution in [-0.4, -0.2) is 30.9 Å². The van der Waals surface area contributed by atoms with Crippen molar-refractivity contribution >= 4 is 51.1 Å². The Kier molecular flexibility index (Phi) is 7.83. The number of carbonyl (C=O) groups is 1. The highest BCUT2D eigenvalue weighted by atomic mass is 32.2. The lowest BCUT2D eigenvalue weighted by Gasteiger charge is -2.29. The molecule has 4 aromatic carbocycles. The minimum absolute atomic E-state index is 0.0116. The molecule has 2 fully saturated rings. The van der Waals surface area contributed by atoms with Crippen LogP contribution in [0.15, 0.2) is 108 Å². The zero-order chi connectivity index (χ0) is 29.2. The van der Waals surface area contributed by atoms with Crippen LogP contribution >= 0.6 is 24.0 Å². The summed E-state index contributed by atoms with van der Waals surface area (Å²) in [4.78, 5) is 16.1. The normalized spacial score (nSPS) is 16.8. The van der Waals surface area contributed by atoms with E-state index in [-0.39, 0.29) is 11.9 Å². The summed E-state index contributed by atoms with van der Waals surface area (Å²) in [6.45, 7) is 0.484. The van der Waals surface area contributed by atoms with Gasteiger partial charge in [-0.15, -0.1) is 0 Å². The largest absolute Gasteiger partial charge is 0.489 e. The first kappa shape index (κ1) is 27.6. The highest BCUT2D eigenvalue weighted by Gasteiger charge is 2.37. The molecule has 0 N–H and O–H groups in total. The number of hydrogen-bond donors (Lipinski definition) is 0. The van der Waals surface area contributed by atoms with Gasteiger partial charge in [0.15, 0.2) is 0 Å². The van der Waals surface area contributed by atoms with Gasteiger partial charge in [-0.1, -0.05) is 104 Å². The van der Waals surface area contributed by atoms with E-state index in [1.54, 1.807) is 0 Å². The molecule has 1 aliphatic heterocycles. The number of benzene rings is 4. The number of ether oxygens (including phenoxy) is 1. The molecular weight excluding hydrogens is 571 g/mol. The van der Waals surface area contributed by atoms with Crippen LogP contribution in [0.4, 0.5) is 0 Å².